The van der Waals surface area contributed by atoms with Gasteiger partial charge in [0, 0.05) is 13.1 Å². The molecule has 0 bridgehead atoms. The van der Waals surface area contributed by atoms with E-state index < -0.39 is 33.6 Å². The molecule has 1 saturated heterocycles. The zero-order valence-electron chi connectivity index (χ0n) is 17.8. The quantitative estimate of drug-likeness (QED) is 0.511. The predicted octanol–water partition coefficient (Wildman–Crippen LogP) is 2.54. The highest BCUT2D eigenvalue weighted by Crippen LogP contribution is 2.25. The number of aromatic nitrogens is 1. The number of hydrogen-bond acceptors (Lipinski definition) is 6. The van der Waals surface area contributed by atoms with Crippen molar-refractivity contribution in [1.82, 2.24) is 8.87 Å². The van der Waals surface area contributed by atoms with Crippen molar-refractivity contribution in [3.63, 3.8) is 0 Å². The summed E-state index contributed by atoms with van der Waals surface area (Å²) in [6.07, 6.45) is 1.03. The number of piperidine rings is 1. The van der Waals surface area contributed by atoms with Crippen LogP contribution < -0.4 is 4.80 Å². The maximum Gasteiger partial charge on any atom is 0.325 e. The number of esters is 1. The molecule has 2 aromatic carbocycles. The number of nitrogens with zero attached hydrogens (tertiary/aromatic N) is 3. The van der Waals surface area contributed by atoms with Gasteiger partial charge in [-0.05, 0) is 43.2 Å². The SMILES string of the molecule is COC(=O)Cn1c(=NC(=O)C2CCCN(S(=O)(=O)c3ccccc3)C2)sc2cc(F)ccc21. The van der Waals surface area contributed by atoms with Gasteiger partial charge in [0.05, 0.1) is 28.1 Å². The van der Waals surface area contributed by atoms with E-state index in [0.29, 0.717) is 29.6 Å². The zero-order chi connectivity index (χ0) is 23.6. The summed E-state index contributed by atoms with van der Waals surface area (Å²) in [5.74, 6) is -2.08. The first kappa shape index (κ1) is 23.3. The largest absolute Gasteiger partial charge is 0.468 e. The first-order valence-electron chi connectivity index (χ1n) is 10.3. The number of ether oxygens (including phenoxy) is 1. The molecule has 11 heteroatoms. The molecule has 174 valence electrons. The molecule has 1 amide bonds. The van der Waals surface area contributed by atoms with Crippen molar-refractivity contribution in [2.45, 2.75) is 24.3 Å². The predicted molar refractivity (Wildman–Crippen MR) is 120 cm³/mol. The van der Waals surface area contributed by atoms with E-state index in [-0.39, 0.29) is 22.8 Å². The minimum atomic E-state index is -3.72. The van der Waals surface area contributed by atoms with Gasteiger partial charge in [-0.1, -0.05) is 29.5 Å². The standard InChI is InChI=1S/C22H22FN3O5S2/c1-31-20(27)14-26-18-10-9-16(23)12-19(18)32-22(26)24-21(28)15-6-5-11-25(13-15)33(29,30)17-7-3-2-4-8-17/h2-4,7-10,12,15H,5-6,11,13-14H2,1H3. The van der Waals surface area contributed by atoms with E-state index in [2.05, 4.69) is 4.99 Å². The second kappa shape index (κ2) is 9.54. The molecule has 33 heavy (non-hydrogen) atoms. The molecule has 0 saturated carbocycles. The Kier molecular flexibility index (Phi) is 6.73. The van der Waals surface area contributed by atoms with Crippen molar-refractivity contribution in [2.24, 2.45) is 10.9 Å². The van der Waals surface area contributed by atoms with E-state index in [9.17, 15) is 22.4 Å². The minimum absolute atomic E-state index is 0.0239. The molecule has 1 fully saturated rings. The Morgan fingerprint density at radius 1 is 1.21 bits per heavy atom. The van der Waals surface area contributed by atoms with Crippen LogP contribution >= 0.6 is 11.3 Å². The fourth-order valence-electron chi connectivity index (χ4n) is 3.77. The number of benzene rings is 2. The Hall–Kier alpha value is -2.89. The molecule has 8 nitrogen and oxygen atoms in total. The molecule has 0 N–H and O–H groups in total. The highest BCUT2D eigenvalue weighted by Gasteiger charge is 2.33. The van der Waals surface area contributed by atoms with E-state index >= 15 is 0 Å². The second-order valence-electron chi connectivity index (χ2n) is 7.62. The molecule has 1 unspecified atom stereocenters. The van der Waals surface area contributed by atoms with Crippen LogP contribution in [0.15, 0.2) is 58.4 Å². The van der Waals surface area contributed by atoms with Crippen LogP contribution in [0.4, 0.5) is 4.39 Å². The topological polar surface area (TPSA) is 98.0 Å². The lowest BCUT2D eigenvalue weighted by molar-refractivity contribution is -0.141. The smallest absolute Gasteiger partial charge is 0.325 e. The monoisotopic (exact) mass is 491 g/mol. The van der Waals surface area contributed by atoms with Crippen molar-refractivity contribution < 1.29 is 27.1 Å². The fraction of sp³-hybridized carbons (Fsp3) is 0.318. The Bertz CT molecular complexity index is 1370. The van der Waals surface area contributed by atoms with Crippen molar-refractivity contribution in [1.29, 1.82) is 0 Å². The summed E-state index contributed by atoms with van der Waals surface area (Å²) in [5.41, 5.74) is 0.551. The molecule has 0 radical (unpaired) electrons. The summed E-state index contributed by atoms with van der Waals surface area (Å²) in [4.78, 5) is 29.6. The van der Waals surface area contributed by atoms with Gasteiger partial charge in [0.15, 0.2) is 4.80 Å². The van der Waals surface area contributed by atoms with Gasteiger partial charge in [-0.25, -0.2) is 12.8 Å². The number of fused-ring (bicyclic) bond motifs is 1. The fourth-order valence-corrected chi connectivity index (χ4v) is 6.37. The van der Waals surface area contributed by atoms with E-state index in [0.717, 1.165) is 11.3 Å². The van der Waals surface area contributed by atoms with Crippen LogP contribution in [0.2, 0.25) is 0 Å². The van der Waals surface area contributed by atoms with Crippen LogP contribution in [-0.4, -0.2) is 49.4 Å². The van der Waals surface area contributed by atoms with Gasteiger partial charge in [0.25, 0.3) is 5.91 Å². The van der Waals surface area contributed by atoms with Gasteiger partial charge >= 0.3 is 5.97 Å². The van der Waals surface area contributed by atoms with Gasteiger partial charge in [0.2, 0.25) is 10.0 Å². The summed E-state index contributed by atoms with van der Waals surface area (Å²) in [6.45, 7) is 0.162. The highest BCUT2D eigenvalue weighted by molar-refractivity contribution is 7.89. The molecule has 2 heterocycles. The Morgan fingerprint density at radius 2 is 1.97 bits per heavy atom. The maximum absolute atomic E-state index is 13.7. The molecular weight excluding hydrogens is 469 g/mol. The molecular formula is C22H22FN3O5S2. The zero-order valence-corrected chi connectivity index (χ0v) is 19.4. The lowest BCUT2D eigenvalue weighted by Crippen LogP contribution is -2.42. The van der Waals surface area contributed by atoms with Crippen LogP contribution in [0.3, 0.4) is 0 Å². The Balaban J connectivity index is 1.65. The number of amides is 1. The number of thiazole rings is 1. The van der Waals surface area contributed by atoms with Gasteiger partial charge in [-0.3, -0.25) is 9.59 Å². The van der Waals surface area contributed by atoms with Gasteiger partial charge < -0.3 is 9.30 Å². The van der Waals surface area contributed by atoms with Crippen molar-refractivity contribution in [2.75, 3.05) is 20.2 Å². The normalized spacial score (nSPS) is 17.9. The number of sulfonamides is 1. The van der Waals surface area contributed by atoms with Crippen LogP contribution in [0.25, 0.3) is 10.2 Å². The number of rotatable bonds is 5. The summed E-state index contributed by atoms with van der Waals surface area (Å²) < 4.78 is 47.7. The molecule has 3 aromatic rings. The molecule has 1 aliphatic rings. The third-order valence-electron chi connectivity index (χ3n) is 5.48. The van der Waals surface area contributed by atoms with Crippen molar-refractivity contribution >= 4 is 43.5 Å². The van der Waals surface area contributed by atoms with Crippen LogP contribution in [0.1, 0.15) is 12.8 Å². The minimum Gasteiger partial charge on any atom is -0.468 e. The molecule has 1 aromatic heterocycles. The highest BCUT2D eigenvalue weighted by atomic mass is 32.2. The lowest BCUT2D eigenvalue weighted by atomic mass is 9.99. The first-order valence-corrected chi connectivity index (χ1v) is 12.5. The number of halogens is 1. The van der Waals surface area contributed by atoms with E-state index in [1.54, 1.807) is 18.2 Å². The maximum atomic E-state index is 13.7. The first-order chi connectivity index (χ1) is 15.8. The molecule has 1 aliphatic heterocycles. The van der Waals surface area contributed by atoms with Gasteiger partial charge in [-0.2, -0.15) is 9.30 Å². The summed E-state index contributed by atoms with van der Waals surface area (Å²) in [7, 11) is -2.47. The molecule has 0 aliphatic carbocycles. The van der Waals surface area contributed by atoms with Crippen molar-refractivity contribution in [3.05, 3.63) is 59.1 Å². The molecule has 1 atom stereocenters. The Labute approximate surface area is 194 Å². The summed E-state index contributed by atoms with van der Waals surface area (Å²) in [6, 6.07) is 12.2. The van der Waals surface area contributed by atoms with Gasteiger partial charge in [-0.15, -0.1) is 0 Å². The number of carbonyl (C=O) groups excluding carboxylic acids is 2. The van der Waals surface area contributed by atoms with Crippen LogP contribution in [0.5, 0.6) is 0 Å². The number of carbonyl (C=O) groups is 2. The third-order valence-corrected chi connectivity index (χ3v) is 8.40. The molecule has 4 rings (SSSR count). The third kappa shape index (κ3) is 4.90. The van der Waals surface area contributed by atoms with Crippen LogP contribution in [-0.2, 0) is 30.9 Å². The van der Waals surface area contributed by atoms with E-state index in [1.165, 1.54) is 46.3 Å². The Morgan fingerprint density at radius 3 is 2.70 bits per heavy atom. The average Bonchev–Trinajstić information content (AvgIpc) is 3.15. The summed E-state index contributed by atoms with van der Waals surface area (Å²) in [5, 5.41) is 0. The summed E-state index contributed by atoms with van der Waals surface area (Å²) >= 11 is 1.08. The average molecular weight is 492 g/mol. The van der Waals surface area contributed by atoms with Crippen LogP contribution in [0, 0.1) is 11.7 Å². The van der Waals surface area contributed by atoms with E-state index in [1.807, 2.05) is 0 Å². The number of hydrogen-bond donors (Lipinski definition) is 0. The second-order valence-corrected chi connectivity index (χ2v) is 10.6. The van der Waals surface area contributed by atoms with Crippen molar-refractivity contribution in [3.8, 4) is 0 Å². The lowest BCUT2D eigenvalue weighted by Gasteiger charge is -2.30. The van der Waals surface area contributed by atoms with Gasteiger partial charge in [0.1, 0.15) is 12.4 Å². The van der Waals surface area contributed by atoms with E-state index in [4.69, 9.17) is 4.74 Å². The molecule has 0 spiro atoms. The number of methoxy groups -OCH3 is 1.